The molecule has 7 heteroatoms. The van der Waals surface area contributed by atoms with E-state index in [1.165, 1.54) is 12.1 Å². The molecule has 0 saturated heterocycles. The number of nitrogens with one attached hydrogen (secondary N) is 1. The number of rotatable bonds is 4. The first-order valence-corrected chi connectivity index (χ1v) is 5.34. The predicted molar refractivity (Wildman–Crippen MR) is 60.1 cm³/mol. The van der Waals surface area contributed by atoms with Gasteiger partial charge in [0.25, 0.3) is 5.91 Å². The summed E-state index contributed by atoms with van der Waals surface area (Å²) in [5.74, 6) is -2.58. The van der Waals surface area contributed by atoms with Crippen LogP contribution in [0, 0.1) is 5.82 Å². The van der Waals surface area contributed by atoms with Crippen LogP contribution >= 0.6 is 15.9 Å². The number of aliphatic hydroxyl groups excluding tert-OH is 1. The highest BCUT2D eigenvalue weighted by Crippen LogP contribution is 2.16. The standard InChI is InChI=1S/C10H9BrFNO4/c11-6-3-5(1-2-7(6)12)9(15)13-8(4-14)10(16)17/h1-3,8,14H,4H2,(H,13,15)(H,16,17)/t8-/m1/s1. The van der Waals surface area contributed by atoms with E-state index in [9.17, 15) is 14.0 Å². The zero-order valence-electron chi connectivity index (χ0n) is 8.48. The molecule has 0 aliphatic heterocycles. The summed E-state index contributed by atoms with van der Waals surface area (Å²) in [4.78, 5) is 22.1. The number of aliphatic hydroxyl groups is 1. The molecule has 0 saturated carbocycles. The molecule has 1 aromatic carbocycles. The smallest absolute Gasteiger partial charge is 0.328 e. The SMILES string of the molecule is O=C(N[C@H](CO)C(=O)O)c1ccc(F)c(Br)c1. The average Bonchev–Trinajstić information content (AvgIpc) is 2.28. The van der Waals surface area contributed by atoms with Crippen LogP contribution in [0.5, 0.6) is 0 Å². The van der Waals surface area contributed by atoms with E-state index in [2.05, 4.69) is 21.2 Å². The molecule has 1 amide bonds. The highest BCUT2D eigenvalue weighted by atomic mass is 79.9. The minimum atomic E-state index is -1.38. The zero-order valence-corrected chi connectivity index (χ0v) is 10.1. The van der Waals surface area contributed by atoms with Gasteiger partial charge in [-0.25, -0.2) is 9.18 Å². The lowest BCUT2D eigenvalue weighted by molar-refractivity contribution is -0.140. The quantitative estimate of drug-likeness (QED) is 0.766. The molecule has 1 atom stereocenters. The Kier molecular flexibility index (Phi) is 4.59. The molecule has 1 aromatic rings. The van der Waals surface area contributed by atoms with E-state index in [1.54, 1.807) is 0 Å². The van der Waals surface area contributed by atoms with E-state index in [1.807, 2.05) is 0 Å². The van der Waals surface area contributed by atoms with Crippen molar-refractivity contribution in [3.63, 3.8) is 0 Å². The van der Waals surface area contributed by atoms with E-state index in [0.717, 1.165) is 6.07 Å². The molecule has 3 N–H and O–H groups in total. The maximum atomic E-state index is 12.9. The van der Waals surface area contributed by atoms with Crippen molar-refractivity contribution in [3.8, 4) is 0 Å². The zero-order chi connectivity index (χ0) is 13.0. The summed E-state index contributed by atoms with van der Waals surface area (Å²) in [5.41, 5.74) is 0.0953. The Bertz CT molecular complexity index is 452. The number of hydrogen-bond acceptors (Lipinski definition) is 3. The van der Waals surface area contributed by atoms with Crippen LogP contribution < -0.4 is 5.32 Å². The highest BCUT2D eigenvalue weighted by molar-refractivity contribution is 9.10. The number of hydrogen-bond donors (Lipinski definition) is 3. The Morgan fingerprint density at radius 1 is 1.47 bits per heavy atom. The molecule has 92 valence electrons. The van der Waals surface area contributed by atoms with Crippen molar-refractivity contribution in [2.24, 2.45) is 0 Å². The second-order valence-electron chi connectivity index (χ2n) is 3.18. The van der Waals surface area contributed by atoms with Crippen molar-refractivity contribution in [2.45, 2.75) is 6.04 Å². The fourth-order valence-corrected chi connectivity index (χ4v) is 1.44. The number of carbonyl (C=O) groups excluding carboxylic acids is 1. The summed E-state index contributed by atoms with van der Waals surface area (Å²) in [5, 5.41) is 19.4. The van der Waals surface area contributed by atoms with Gasteiger partial charge in [-0.2, -0.15) is 0 Å². The maximum Gasteiger partial charge on any atom is 0.328 e. The summed E-state index contributed by atoms with van der Waals surface area (Å²) in [6, 6.07) is 2.13. The molecule has 0 bridgehead atoms. The number of halogens is 2. The fourth-order valence-electron chi connectivity index (χ4n) is 1.06. The summed E-state index contributed by atoms with van der Waals surface area (Å²) >= 11 is 2.91. The van der Waals surface area contributed by atoms with E-state index in [4.69, 9.17) is 10.2 Å². The number of amides is 1. The van der Waals surface area contributed by atoms with Crippen LogP contribution in [0.2, 0.25) is 0 Å². The first-order chi connectivity index (χ1) is 7.95. The van der Waals surface area contributed by atoms with Crippen molar-refractivity contribution >= 4 is 27.8 Å². The third-order valence-corrected chi connectivity index (χ3v) is 2.58. The van der Waals surface area contributed by atoms with Gasteiger partial charge in [0.1, 0.15) is 5.82 Å². The first-order valence-electron chi connectivity index (χ1n) is 4.55. The van der Waals surface area contributed by atoms with Gasteiger partial charge >= 0.3 is 5.97 Å². The molecule has 0 fully saturated rings. The molecule has 0 aromatic heterocycles. The molecule has 0 aliphatic carbocycles. The summed E-state index contributed by atoms with van der Waals surface area (Å²) < 4.78 is 13.0. The Hall–Kier alpha value is -1.47. The first kappa shape index (κ1) is 13.6. The van der Waals surface area contributed by atoms with Gasteiger partial charge in [0.15, 0.2) is 6.04 Å². The second-order valence-corrected chi connectivity index (χ2v) is 4.03. The lowest BCUT2D eigenvalue weighted by Crippen LogP contribution is -2.43. The van der Waals surface area contributed by atoms with Gasteiger partial charge in [0.05, 0.1) is 11.1 Å². The van der Waals surface area contributed by atoms with Crippen LogP contribution in [0.4, 0.5) is 4.39 Å². The number of aliphatic carboxylic acids is 1. The molecule has 0 unspecified atom stereocenters. The molecule has 5 nitrogen and oxygen atoms in total. The van der Waals surface area contributed by atoms with Crippen LogP contribution in [-0.4, -0.2) is 34.7 Å². The van der Waals surface area contributed by atoms with Gasteiger partial charge in [0.2, 0.25) is 0 Å². The minimum absolute atomic E-state index is 0.0953. The van der Waals surface area contributed by atoms with Crippen molar-refractivity contribution in [2.75, 3.05) is 6.61 Å². The Balaban J connectivity index is 2.82. The summed E-state index contributed by atoms with van der Waals surface area (Å²) in [6.07, 6.45) is 0. The third kappa shape index (κ3) is 3.50. The van der Waals surface area contributed by atoms with Crippen molar-refractivity contribution < 1.29 is 24.2 Å². The maximum absolute atomic E-state index is 12.9. The Morgan fingerprint density at radius 2 is 2.12 bits per heavy atom. The largest absolute Gasteiger partial charge is 0.480 e. The van der Waals surface area contributed by atoms with Gasteiger partial charge in [-0.05, 0) is 34.1 Å². The number of carboxylic acid groups (broad SMARTS) is 1. The molecule has 0 aliphatic rings. The lowest BCUT2D eigenvalue weighted by atomic mass is 10.2. The predicted octanol–water partition coefficient (Wildman–Crippen LogP) is 0.763. The van der Waals surface area contributed by atoms with E-state index in [-0.39, 0.29) is 10.0 Å². The highest BCUT2D eigenvalue weighted by Gasteiger charge is 2.19. The molecular formula is C10H9BrFNO4. The second kappa shape index (κ2) is 5.74. The van der Waals surface area contributed by atoms with Gasteiger partial charge in [-0.3, -0.25) is 4.79 Å². The molecule has 17 heavy (non-hydrogen) atoms. The Morgan fingerprint density at radius 3 is 2.59 bits per heavy atom. The van der Waals surface area contributed by atoms with Gasteiger partial charge in [-0.1, -0.05) is 0 Å². The third-order valence-electron chi connectivity index (χ3n) is 1.97. The molecular weight excluding hydrogens is 297 g/mol. The van der Waals surface area contributed by atoms with Crippen molar-refractivity contribution in [1.82, 2.24) is 5.32 Å². The number of carboxylic acids is 1. The monoisotopic (exact) mass is 305 g/mol. The van der Waals surface area contributed by atoms with Gasteiger partial charge in [0, 0.05) is 5.56 Å². The minimum Gasteiger partial charge on any atom is -0.480 e. The van der Waals surface area contributed by atoms with Crippen LogP contribution in [0.25, 0.3) is 0 Å². The molecule has 0 spiro atoms. The summed E-state index contributed by atoms with van der Waals surface area (Å²) in [6.45, 7) is -0.719. The van der Waals surface area contributed by atoms with Crippen LogP contribution in [0.3, 0.4) is 0 Å². The van der Waals surface area contributed by atoms with Crippen LogP contribution in [-0.2, 0) is 4.79 Å². The molecule has 0 radical (unpaired) electrons. The van der Waals surface area contributed by atoms with Crippen molar-refractivity contribution in [3.05, 3.63) is 34.1 Å². The van der Waals surface area contributed by atoms with Crippen LogP contribution in [0.15, 0.2) is 22.7 Å². The van der Waals surface area contributed by atoms with Crippen molar-refractivity contribution in [1.29, 1.82) is 0 Å². The topological polar surface area (TPSA) is 86.6 Å². The lowest BCUT2D eigenvalue weighted by Gasteiger charge is -2.11. The fraction of sp³-hybridized carbons (Fsp3) is 0.200. The van der Waals surface area contributed by atoms with Gasteiger partial charge in [-0.15, -0.1) is 0 Å². The summed E-state index contributed by atoms with van der Waals surface area (Å²) in [7, 11) is 0. The van der Waals surface area contributed by atoms with Crippen LogP contribution in [0.1, 0.15) is 10.4 Å². The van der Waals surface area contributed by atoms with E-state index < -0.39 is 30.3 Å². The van der Waals surface area contributed by atoms with E-state index in [0.29, 0.717) is 0 Å². The van der Waals surface area contributed by atoms with E-state index >= 15 is 0 Å². The average molecular weight is 306 g/mol. The number of benzene rings is 1. The normalized spacial score (nSPS) is 11.9. The molecule has 0 heterocycles. The molecule has 1 rings (SSSR count). The Labute approximate surface area is 104 Å². The van der Waals surface area contributed by atoms with Gasteiger partial charge < -0.3 is 15.5 Å². The number of carbonyl (C=O) groups is 2.